The minimum Gasteiger partial charge on any atom is -0.378 e. The molecule has 1 aromatic rings. The first kappa shape index (κ1) is 14.1. The number of hydrogen-bond acceptors (Lipinski definition) is 4. The summed E-state index contributed by atoms with van der Waals surface area (Å²) in [4.78, 5) is 10.6. The average molecular weight is 284 g/mol. The van der Waals surface area contributed by atoms with Gasteiger partial charge in [-0.2, -0.15) is 0 Å². The van der Waals surface area contributed by atoms with Gasteiger partial charge in [0, 0.05) is 19.2 Å². The number of para-hydroxylation sites is 1. The molecule has 0 spiro atoms. The van der Waals surface area contributed by atoms with Crippen molar-refractivity contribution in [3.8, 4) is 0 Å². The first-order valence-electron chi connectivity index (χ1n) is 6.39. The molecule has 1 unspecified atom stereocenters. The van der Waals surface area contributed by atoms with E-state index in [1.807, 2.05) is 0 Å². The summed E-state index contributed by atoms with van der Waals surface area (Å²) < 4.78 is 0. The average Bonchev–Trinajstić information content (AvgIpc) is 2.38. The van der Waals surface area contributed by atoms with Crippen LogP contribution in [0.15, 0.2) is 18.2 Å². The summed E-state index contributed by atoms with van der Waals surface area (Å²) in [6, 6.07) is 4.73. The Morgan fingerprint density at radius 1 is 1.58 bits per heavy atom. The van der Waals surface area contributed by atoms with Gasteiger partial charge in [0.2, 0.25) is 0 Å². The molecule has 1 fully saturated rings. The van der Waals surface area contributed by atoms with Crippen molar-refractivity contribution in [2.75, 3.05) is 25.0 Å². The Kier molecular flexibility index (Phi) is 4.27. The molecule has 1 atom stereocenters. The summed E-state index contributed by atoms with van der Waals surface area (Å²) in [5.41, 5.74) is 0.548. The number of anilines is 1. The van der Waals surface area contributed by atoms with E-state index in [1.165, 1.54) is 6.07 Å². The molecule has 2 N–H and O–H groups in total. The molecule has 0 saturated carbocycles. The fourth-order valence-electron chi connectivity index (χ4n) is 2.41. The summed E-state index contributed by atoms with van der Waals surface area (Å²) in [6.07, 6.45) is 2.23. The molecule has 1 saturated heterocycles. The second-order valence-electron chi connectivity index (χ2n) is 5.34. The van der Waals surface area contributed by atoms with Crippen LogP contribution < -0.4 is 10.6 Å². The van der Waals surface area contributed by atoms with Crippen LogP contribution in [0.2, 0.25) is 5.02 Å². The Bertz CT molecular complexity index is 473. The molecule has 0 radical (unpaired) electrons. The number of benzene rings is 1. The molecule has 0 amide bonds. The van der Waals surface area contributed by atoms with E-state index >= 15 is 0 Å². The van der Waals surface area contributed by atoms with E-state index in [0.29, 0.717) is 17.3 Å². The Labute approximate surface area is 117 Å². The molecule has 1 aliphatic rings. The molecule has 0 aliphatic carbocycles. The van der Waals surface area contributed by atoms with Gasteiger partial charge in [0.15, 0.2) is 0 Å². The minimum absolute atomic E-state index is 0.0277. The normalized spacial score (nSPS) is 23.1. The van der Waals surface area contributed by atoms with Gasteiger partial charge in [0.05, 0.1) is 9.95 Å². The highest BCUT2D eigenvalue weighted by Crippen LogP contribution is 2.34. The van der Waals surface area contributed by atoms with Crippen molar-refractivity contribution < 1.29 is 4.92 Å². The van der Waals surface area contributed by atoms with Crippen LogP contribution in [0.1, 0.15) is 19.8 Å². The predicted octanol–water partition coefficient (Wildman–Crippen LogP) is 3.05. The summed E-state index contributed by atoms with van der Waals surface area (Å²) in [7, 11) is 0. The second-order valence-corrected chi connectivity index (χ2v) is 5.74. The number of nitrogens with one attached hydrogen (secondary N) is 2. The molecule has 0 aromatic heterocycles. The maximum atomic E-state index is 11.0. The molecule has 0 bridgehead atoms. The van der Waals surface area contributed by atoms with Crippen molar-refractivity contribution in [3.05, 3.63) is 33.3 Å². The molecule has 2 rings (SSSR count). The lowest BCUT2D eigenvalue weighted by Crippen LogP contribution is -2.42. The van der Waals surface area contributed by atoms with E-state index < -0.39 is 4.92 Å². The van der Waals surface area contributed by atoms with Crippen LogP contribution >= 0.6 is 11.6 Å². The lowest BCUT2D eigenvalue weighted by atomic mass is 9.83. The van der Waals surface area contributed by atoms with E-state index in [1.54, 1.807) is 12.1 Å². The van der Waals surface area contributed by atoms with Crippen LogP contribution in [-0.2, 0) is 0 Å². The van der Waals surface area contributed by atoms with Crippen molar-refractivity contribution in [1.82, 2.24) is 5.32 Å². The number of nitrogens with zero attached hydrogens (tertiary/aromatic N) is 1. The molecule has 1 aromatic carbocycles. The summed E-state index contributed by atoms with van der Waals surface area (Å²) >= 11 is 6.05. The molecule has 5 nitrogen and oxygen atoms in total. The minimum atomic E-state index is -0.407. The summed E-state index contributed by atoms with van der Waals surface area (Å²) in [5, 5.41) is 17.9. The number of nitro benzene ring substituents is 1. The molecule has 6 heteroatoms. The van der Waals surface area contributed by atoms with Gasteiger partial charge in [-0.3, -0.25) is 10.1 Å². The fourth-order valence-corrected chi connectivity index (χ4v) is 2.65. The molecule has 1 heterocycles. The zero-order valence-electron chi connectivity index (χ0n) is 10.9. The lowest BCUT2D eigenvalue weighted by Gasteiger charge is -2.34. The van der Waals surface area contributed by atoms with Crippen LogP contribution in [0.5, 0.6) is 0 Å². The van der Waals surface area contributed by atoms with Crippen molar-refractivity contribution in [2.24, 2.45) is 5.41 Å². The third-order valence-electron chi connectivity index (χ3n) is 3.57. The largest absolute Gasteiger partial charge is 0.378 e. The van der Waals surface area contributed by atoms with Gasteiger partial charge in [0.25, 0.3) is 5.69 Å². The first-order chi connectivity index (χ1) is 9.02. The number of halogens is 1. The van der Waals surface area contributed by atoms with E-state index in [9.17, 15) is 10.1 Å². The molecule has 19 heavy (non-hydrogen) atoms. The van der Waals surface area contributed by atoms with Crippen LogP contribution in [0.25, 0.3) is 0 Å². The van der Waals surface area contributed by atoms with Crippen LogP contribution in [0.4, 0.5) is 11.4 Å². The lowest BCUT2D eigenvalue weighted by molar-refractivity contribution is -0.384. The smallest absolute Gasteiger partial charge is 0.293 e. The van der Waals surface area contributed by atoms with E-state index in [-0.39, 0.29) is 11.1 Å². The standard InChI is InChI=1S/C13H18ClN3O2/c1-13(6-3-7-15-8-13)9-16-12-10(14)4-2-5-11(12)17(18)19/h2,4-5,15-16H,3,6-9H2,1H3. The van der Waals surface area contributed by atoms with Gasteiger partial charge in [0.1, 0.15) is 5.69 Å². The van der Waals surface area contributed by atoms with E-state index in [4.69, 9.17) is 11.6 Å². The van der Waals surface area contributed by atoms with Crippen molar-refractivity contribution in [3.63, 3.8) is 0 Å². The van der Waals surface area contributed by atoms with Gasteiger partial charge < -0.3 is 10.6 Å². The topological polar surface area (TPSA) is 67.2 Å². The number of nitro groups is 1. The zero-order valence-corrected chi connectivity index (χ0v) is 11.7. The zero-order chi connectivity index (χ0) is 13.9. The van der Waals surface area contributed by atoms with Gasteiger partial charge in [-0.1, -0.05) is 24.6 Å². The second kappa shape index (κ2) is 5.75. The highest BCUT2D eigenvalue weighted by molar-refractivity contribution is 6.33. The van der Waals surface area contributed by atoms with Crippen LogP contribution in [-0.4, -0.2) is 24.6 Å². The van der Waals surface area contributed by atoms with Gasteiger partial charge >= 0.3 is 0 Å². The summed E-state index contributed by atoms with van der Waals surface area (Å²) in [6.45, 7) is 4.81. The number of hydrogen-bond donors (Lipinski definition) is 2. The highest BCUT2D eigenvalue weighted by atomic mass is 35.5. The van der Waals surface area contributed by atoms with Crippen LogP contribution in [0.3, 0.4) is 0 Å². The van der Waals surface area contributed by atoms with Gasteiger partial charge in [-0.25, -0.2) is 0 Å². The third-order valence-corrected chi connectivity index (χ3v) is 3.88. The monoisotopic (exact) mass is 283 g/mol. The van der Waals surface area contributed by atoms with Crippen LogP contribution in [0, 0.1) is 15.5 Å². The highest BCUT2D eigenvalue weighted by Gasteiger charge is 2.27. The quantitative estimate of drug-likeness (QED) is 0.658. The van der Waals surface area contributed by atoms with Crippen molar-refractivity contribution in [2.45, 2.75) is 19.8 Å². The maximum Gasteiger partial charge on any atom is 0.293 e. The SMILES string of the molecule is CC1(CNc2c(Cl)cccc2[N+](=O)[O-])CCCNC1. The Morgan fingerprint density at radius 3 is 3.00 bits per heavy atom. The fraction of sp³-hybridized carbons (Fsp3) is 0.538. The van der Waals surface area contributed by atoms with Gasteiger partial charge in [-0.15, -0.1) is 0 Å². The Balaban J connectivity index is 2.12. The molecular formula is C13H18ClN3O2. The number of piperidine rings is 1. The van der Waals surface area contributed by atoms with E-state index in [0.717, 1.165) is 25.9 Å². The molecule has 1 aliphatic heterocycles. The predicted molar refractivity (Wildman–Crippen MR) is 76.8 cm³/mol. The molecule has 104 valence electrons. The number of rotatable bonds is 4. The van der Waals surface area contributed by atoms with Crippen molar-refractivity contribution >= 4 is 23.0 Å². The Morgan fingerprint density at radius 2 is 2.37 bits per heavy atom. The summed E-state index contributed by atoms with van der Waals surface area (Å²) in [5.74, 6) is 0. The third kappa shape index (κ3) is 3.36. The van der Waals surface area contributed by atoms with Gasteiger partial charge in [-0.05, 0) is 30.9 Å². The first-order valence-corrected chi connectivity index (χ1v) is 6.77. The van der Waals surface area contributed by atoms with E-state index in [2.05, 4.69) is 17.6 Å². The van der Waals surface area contributed by atoms with Crippen molar-refractivity contribution in [1.29, 1.82) is 0 Å². The Hall–Kier alpha value is -1.33. The molecular weight excluding hydrogens is 266 g/mol. The maximum absolute atomic E-state index is 11.0.